The van der Waals surface area contributed by atoms with Crippen molar-refractivity contribution in [1.29, 1.82) is 0 Å². The fourth-order valence-electron chi connectivity index (χ4n) is 3.12. The number of rotatable bonds is 4. The van der Waals surface area contributed by atoms with Crippen molar-refractivity contribution in [3.63, 3.8) is 0 Å². The monoisotopic (exact) mass is 422 g/mol. The van der Waals surface area contributed by atoms with E-state index in [1.54, 1.807) is 48.5 Å². The topological polar surface area (TPSA) is 76.7 Å². The fraction of sp³-hybridized carbons (Fsp3) is 0.130. The molecule has 2 N–H and O–H groups in total. The van der Waals surface area contributed by atoms with E-state index < -0.39 is 5.91 Å². The highest BCUT2D eigenvalue weighted by Crippen LogP contribution is 2.38. The summed E-state index contributed by atoms with van der Waals surface area (Å²) in [6, 6.07) is 17.2. The lowest BCUT2D eigenvalue weighted by atomic mass is 10.1. The number of halogens is 1. The van der Waals surface area contributed by atoms with Gasteiger partial charge in [-0.05, 0) is 31.2 Å². The van der Waals surface area contributed by atoms with Crippen molar-refractivity contribution in [1.82, 2.24) is 0 Å². The van der Waals surface area contributed by atoms with Crippen molar-refractivity contribution < 1.29 is 19.1 Å². The molecule has 0 saturated heterocycles. The largest absolute Gasteiger partial charge is 0.486 e. The van der Waals surface area contributed by atoms with Gasteiger partial charge in [0.05, 0.1) is 22.0 Å². The molecule has 4 rings (SSSR count). The first kappa shape index (κ1) is 19.8. The first-order valence-corrected chi connectivity index (χ1v) is 9.76. The van der Waals surface area contributed by atoms with Crippen molar-refractivity contribution in [2.24, 2.45) is 0 Å². The average Bonchev–Trinajstić information content (AvgIpc) is 2.74. The van der Waals surface area contributed by atoms with Gasteiger partial charge in [0.2, 0.25) is 0 Å². The normalized spacial score (nSPS) is 12.2. The van der Waals surface area contributed by atoms with Crippen molar-refractivity contribution in [2.75, 3.05) is 23.8 Å². The Morgan fingerprint density at radius 2 is 1.53 bits per heavy atom. The van der Waals surface area contributed by atoms with E-state index in [4.69, 9.17) is 21.1 Å². The van der Waals surface area contributed by atoms with E-state index in [1.807, 2.05) is 19.1 Å². The van der Waals surface area contributed by atoms with Crippen LogP contribution in [0.5, 0.6) is 11.5 Å². The molecule has 0 radical (unpaired) electrons. The van der Waals surface area contributed by atoms with Gasteiger partial charge in [0.15, 0.2) is 11.5 Å². The summed E-state index contributed by atoms with van der Waals surface area (Å²) in [6.07, 6.45) is 0. The maximum atomic E-state index is 12.9. The Hall–Kier alpha value is -3.51. The number of fused-ring (bicyclic) bond motifs is 1. The number of para-hydroxylation sites is 1. The summed E-state index contributed by atoms with van der Waals surface area (Å²) in [4.78, 5) is 25.6. The van der Waals surface area contributed by atoms with Crippen molar-refractivity contribution in [3.8, 4) is 11.5 Å². The van der Waals surface area contributed by atoms with Crippen LogP contribution in [0.4, 0.5) is 11.4 Å². The van der Waals surface area contributed by atoms with Crippen LogP contribution in [-0.2, 0) is 0 Å². The van der Waals surface area contributed by atoms with Gasteiger partial charge in [0.25, 0.3) is 11.8 Å². The molecule has 1 aliphatic heterocycles. The Bertz CT molecular complexity index is 1130. The molecule has 1 heterocycles. The van der Waals surface area contributed by atoms with Gasteiger partial charge in [-0.1, -0.05) is 41.4 Å². The summed E-state index contributed by atoms with van der Waals surface area (Å²) < 4.78 is 11.0. The van der Waals surface area contributed by atoms with E-state index >= 15 is 0 Å². The highest BCUT2D eigenvalue weighted by molar-refractivity contribution is 6.34. The molecule has 0 fully saturated rings. The lowest BCUT2D eigenvalue weighted by molar-refractivity contribution is 0.102. The molecule has 0 spiro atoms. The molecular weight excluding hydrogens is 404 g/mol. The summed E-state index contributed by atoms with van der Waals surface area (Å²) in [5, 5.41) is 5.92. The maximum Gasteiger partial charge on any atom is 0.257 e. The summed E-state index contributed by atoms with van der Waals surface area (Å²) in [5.41, 5.74) is 2.59. The molecule has 2 amide bonds. The highest BCUT2D eigenvalue weighted by atomic mass is 35.5. The Morgan fingerprint density at radius 1 is 0.833 bits per heavy atom. The van der Waals surface area contributed by atoms with E-state index in [-0.39, 0.29) is 5.91 Å². The maximum absolute atomic E-state index is 12.9. The second-order valence-corrected chi connectivity index (χ2v) is 7.21. The summed E-state index contributed by atoms with van der Waals surface area (Å²) in [5.74, 6) is 0.349. The number of hydrogen-bond acceptors (Lipinski definition) is 4. The van der Waals surface area contributed by atoms with E-state index in [9.17, 15) is 9.59 Å². The van der Waals surface area contributed by atoms with Crippen LogP contribution in [0.15, 0.2) is 60.7 Å². The summed E-state index contributed by atoms with van der Waals surface area (Å²) in [7, 11) is 0. The van der Waals surface area contributed by atoms with Crippen LogP contribution in [0.2, 0.25) is 5.02 Å². The molecule has 0 saturated carbocycles. The quantitative estimate of drug-likeness (QED) is 0.625. The van der Waals surface area contributed by atoms with Gasteiger partial charge >= 0.3 is 0 Å². The van der Waals surface area contributed by atoms with Crippen molar-refractivity contribution >= 4 is 34.8 Å². The molecular formula is C23H19ClN2O4. The fourth-order valence-corrected chi connectivity index (χ4v) is 3.32. The zero-order chi connectivity index (χ0) is 21.1. The number of anilines is 2. The lowest BCUT2D eigenvalue weighted by Crippen LogP contribution is -2.19. The second kappa shape index (κ2) is 8.47. The lowest BCUT2D eigenvalue weighted by Gasteiger charge is -2.20. The van der Waals surface area contributed by atoms with Crippen LogP contribution in [0.1, 0.15) is 26.3 Å². The third kappa shape index (κ3) is 4.23. The highest BCUT2D eigenvalue weighted by Gasteiger charge is 2.19. The Balaban J connectivity index is 1.56. The van der Waals surface area contributed by atoms with Gasteiger partial charge < -0.3 is 20.1 Å². The first-order valence-electron chi connectivity index (χ1n) is 9.39. The Kier molecular flexibility index (Phi) is 5.59. The van der Waals surface area contributed by atoms with Gasteiger partial charge in [0.1, 0.15) is 13.2 Å². The van der Waals surface area contributed by atoms with Crippen LogP contribution in [-0.4, -0.2) is 25.0 Å². The van der Waals surface area contributed by atoms with Crippen molar-refractivity contribution in [3.05, 3.63) is 82.4 Å². The Morgan fingerprint density at radius 3 is 2.30 bits per heavy atom. The number of ether oxygens (including phenoxy) is 2. The number of carbonyl (C=O) groups excluding carboxylic acids is 2. The molecule has 0 aromatic heterocycles. The number of aryl methyl sites for hydroxylation is 1. The zero-order valence-electron chi connectivity index (χ0n) is 16.2. The molecule has 0 aliphatic carbocycles. The minimum Gasteiger partial charge on any atom is -0.486 e. The predicted octanol–water partition coefficient (Wildman–Crippen LogP) is 4.92. The second-order valence-electron chi connectivity index (χ2n) is 6.80. The molecule has 6 nitrogen and oxygen atoms in total. The SMILES string of the molecule is Cc1cccc(C(=O)Nc2ccccc2C(=O)Nc2cc3c(cc2Cl)OCCO3)c1. The van der Waals surface area contributed by atoms with Crippen molar-refractivity contribution in [2.45, 2.75) is 6.92 Å². The van der Waals surface area contributed by atoms with Gasteiger partial charge in [-0.3, -0.25) is 9.59 Å². The summed E-state index contributed by atoms with van der Waals surface area (Å²) in [6.45, 7) is 2.79. The van der Waals surface area contributed by atoms with Gasteiger partial charge in [-0.2, -0.15) is 0 Å². The zero-order valence-corrected chi connectivity index (χ0v) is 17.0. The first-order chi connectivity index (χ1) is 14.5. The smallest absolute Gasteiger partial charge is 0.257 e. The van der Waals surface area contributed by atoms with Crippen LogP contribution in [0, 0.1) is 6.92 Å². The minimum absolute atomic E-state index is 0.295. The minimum atomic E-state index is -0.409. The van der Waals surface area contributed by atoms with E-state index in [1.165, 1.54) is 0 Å². The van der Waals surface area contributed by atoms with E-state index in [2.05, 4.69) is 10.6 Å². The molecule has 1 aliphatic rings. The molecule has 0 unspecified atom stereocenters. The standard InChI is InChI=1S/C23H19ClN2O4/c1-14-5-4-6-15(11-14)22(27)25-18-8-3-2-7-16(18)23(28)26-19-13-21-20(12-17(19)24)29-9-10-30-21/h2-8,11-13H,9-10H2,1H3,(H,25,27)(H,26,28). The third-order valence-corrected chi connectivity index (χ3v) is 4.89. The van der Waals surface area contributed by atoms with Crippen LogP contribution < -0.4 is 20.1 Å². The summed E-state index contributed by atoms with van der Waals surface area (Å²) >= 11 is 6.29. The molecule has 0 bridgehead atoms. The molecule has 0 atom stereocenters. The number of amides is 2. The van der Waals surface area contributed by atoms with Crippen LogP contribution in [0.3, 0.4) is 0 Å². The van der Waals surface area contributed by atoms with Gasteiger partial charge in [-0.15, -0.1) is 0 Å². The predicted molar refractivity (Wildman–Crippen MR) is 116 cm³/mol. The van der Waals surface area contributed by atoms with Gasteiger partial charge in [0, 0.05) is 17.7 Å². The molecule has 7 heteroatoms. The van der Waals surface area contributed by atoms with E-state index in [0.29, 0.717) is 52.2 Å². The number of hydrogen-bond donors (Lipinski definition) is 2. The average molecular weight is 423 g/mol. The number of benzene rings is 3. The Labute approximate surface area is 178 Å². The molecule has 3 aromatic rings. The van der Waals surface area contributed by atoms with Crippen LogP contribution >= 0.6 is 11.6 Å². The van der Waals surface area contributed by atoms with Crippen LogP contribution in [0.25, 0.3) is 0 Å². The molecule has 3 aromatic carbocycles. The number of carbonyl (C=O) groups is 2. The van der Waals surface area contributed by atoms with Gasteiger partial charge in [-0.25, -0.2) is 0 Å². The molecule has 30 heavy (non-hydrogen) atoms. The number of nitrogens with one attached hydrogen (secondary N) is 2. The van der Waals surface area contributed by atoms with E-state index in [0.717, 1.165) is 5.56 Å². The molecule has 152 valence electrons. The third-order valence-electron chi connectivity index (χ3n) is 4.58.